The Balaban J connectivity index is 1.88. The minimum Gasteiger partial charge on any atom is -0.507 e. The van der Waals surface area contributed by atoms with Gasteiger partial charge in [0.2, 0.25) is 5.91 Å². The first-order valence-electron chi connectivity index (χ1n) is 7.20. The van der Waals surface area contributed by atoms with Crippen LogP contribution in [0, 0.1) is 5.92 Å². The van der Waals surface area contributed by atoms with Gasteiger partial charge < -0.3 is 10.0 Å². The van der Waals surface area contributed by atoms with Gasteiger partial charge in [-0.3, -0.25) is 4.79 Å². The van der Waals surface area contributed by atoms with Crippen molar-refractivity contribution >= 4 is 5.91 Å². The van der Waals surface area contributed by atoms with Crippen molar-refractivity contribution < 1.29 is 9.90 Å². The van der Waals surface area contributed by atoms with Crippen molar-refractivity contribution in [2.45, 2.75) is 38.5 Å². The summed E-state index contributed by atoms with van der Waals surface area (Å²) in [4.78, 5) is 13.9. The molecule has 1 saturated carbocycles. The number of carbonyl (C=O) groups excluding carboxylic acids is 1. The number of nitrogens with zero attached hydrogens (tertiary/aromatic N) is 1. The van der Waals surface area contributed by atoms with E-state index < -0.39 is 0 Å². The molecule has 2 fully saturated rings. The Labute approximate surface area is 114 Å². The zero-order valence-electron chi connectivity index (χ0n) is 11.6. The zero-order chi connectivity index (χ0) is 13.6. The van der Waals surface area contributed by atoms with Crippen LogP contribution in [0.1, 0.15) is 49.7 Å². The van der Waals surface area contributed by atoms with E-state index in [0.29, 0.717) is 17.6 Å². The largest absolute Gasteiger partial charge is 0.507 e. The smallest absolute Gasteiger partial charge is 0.230 e. The summed E-state index contributed by atoms with van der Waals surface area (Å²) in [6.07, 6.45) is 2.51. The number of phenols is 1. The van der Waals surface area contributed by atoms with Crippen molar-refractivity contribution in [2.24, 2.45) is 5.92 Å². The van der Waals surface area contributed by atoms with Crippen LogP contribution in [0.25, 0.3) is 0 Å². The standard InChI is InChI=1S/C16H21NO2/c1-10(12-6-7-12)13-4-3-5-14(15(13)18)11(2)16(19)17-8-9-17/h3-5,10-12,18H,6-9H2,1-2H3. The van der Waals surface area contributed by atoms with E-state index in [1.807, 2.05) is 30.0 Å². The monoisotopic (exact) mass is 259 g/mol. The van der Waals surface area contributed by atoms with E-state index in [1.165, 1.54) is 12.8 Å². The molecule has 102 valence electrons. The molecule has 1 saturated heterocycles. The number of hydrogen-bond acceptors (Lipinski definition) is 2. The first kappa shape index (κ1) is 12.5. The van der Waals surface area contributed by atoms with Gasteiger partial charge in [0.05, 0.1) is 5.92 Å². The molecular formula is C16H21NO2. The molecule has 2 atom stereocenters. The predicted octanol–water partition coefficient (Wildman–Crippen LogP) is 2.85. The Kier molecular flexibility index (Phi) is 3.00. The highest BCUT2D eigenvalue weighted by Crippen LogP contribution is 2.46. The van der Waals surface area contributed by atoms with Crippen LogP contribution < -0.4 is 0 Å². The van der Waals surface area contributed by atoms with Crippen LogP contribution in [0.4, 0.5) is 0 Å². The lowest BCUT2D eigenvalue weighted by Crippen LogP contribution is -2.18. The first-order chi connectivity index (χ1) is 9.09. The molecule has 2 aliphatic rings. The van der Waals surface area contributed by atoms with Crippen LogP contribution in [-0.4, -0.2) is 29.0 Å². The molecule has 1 amide bonds. The third-order valence-electron chi connectivity index (χ3n) is 4.51. The van der Waals surface area contributed by atoms with Crippen molar-refractivity contribution in [3.05, 3.63) is 29.3 Å². The van der Waals surface area contributed by atoms with Gasteiger partial charge in [-0.25, -0.2) is 0 Å². The maximum absolute atomic E-state index is 12.1. The van der Waals surface area contributed by atoms with Gasteiger partial charge in [0.25, 0.3) is 0 Å². The number of hydrogen-bond donors (Lipinski definition) is 1. The van der Waals surface area contributed by atoms with E-state index in [9.17, 15) is 9.90 Å². The fourth-order valence-corrected chi connectivity index (χ4v) is 2.82. The lowest BCUT2D eigenvalue weighted by molar-refractivity contribution is -0.126. The Morgan fingerprint density at radius 2 is 1.89 bits per heavy atom. The Morgan fingerprint density at radius 3 is 2.47 bits per heavy atom. The van der Waals surface area contributed by atoms with Crippen molar-refractivity contribution in [3.8, 4) is 5.75 Å². The van der Waals surface area contributed by atoms with E-state index in [0.717, 1.165) is 24.2 Å². The number of amides is 1. The summed E-state index contributed by atoms with van der Waals surface area (Å²) in [6.45, 7) is 5.79. The molecule has 1 aliphatic carbocycles. The van der Waals surface area contributed by atoms with Gasteiger partial charge in [0.15, 0.2) is 0 Å². The Morgan fingerprint density at radius 1 is 1.26 bits per heavy atom. The molecule has 0 aromatic heterocycles. The second kappa shape index (κ2) is 4.55. The maximum atomic E-state index is 12.1. The van der Waals surface area contributed by atoms with Crippen LogP contribution in [0.5, 0.6) is 5.75 Å². The molecule has 1 heterocycles. The molecule has 1 aliphatic heterocycles. The molecule has 2 unspecified atom stereocenters. The van der Waals surface area contributed by atoms with Gasteiger partial charge in [0.1, 0.15) is 5.75 Å². The van der Waals surface area contributed by atoms with E-state index in [2.05, 4.69) is 6.92 Å². The lowest BCUT2D eigenvalue weighted by atomic mass is 9.90. The predicted molar refractivity (Wildman–Crippen MR) is 74.2 cm³/mol. The maximum Gasteiger partial charge on any atom is 0.230 e. The fraction of sp³-hybridized carbons (Fsp3) is 0.562. The molecule has 0 bridgehead atoms. The van der Waals surface area contributed by atoms with E-state index in [-0.39, 0.29) is 11.8 Å². The number of aromatic hydroxyl groups is 1. The van der Waals surface area contributed by atoms with Crippen molar-refractivity contribution in [2.75, 3.05) is 13.1 Å². The van der Waals surface area contributed by atoms with Crippen molar-refractivity contribution in [3.63, 3.8) is 0 Å². The van der Waals surface area contributed by atoms with Crippen molar-refractivity contribution in [1.82, 2.24) is 4.90 Å². The summed E-state index contributed by atoms with van der Waals surface area (Å²) in [5, 5.41) is 10.5. The van der Waals surface area contributed by atoms with Gasteiger partial charge in [0, 0.05) is 18.7 Å². The van der Waals surface area contributed by atoms with Crippen LogP contribution in [-0.2, 0) is 4.79 Å². The highest BCUT2D eigenvalue weighted by molar-refractivity contribution is 5.85. The van der Waals surface area contributed by atoms with Crippen LogP contribution in [0.15, 0.2) is 18.2 Å². The highest BCUT2D eigenvalue weighted by Gasteiger charge is 2.33. The quantitative estimate of drug-likeness (QED) is 0.845. The zero-order valence-corrected chi connectivity index (χ0v) is 11.6. The molecule has 3 nitrogen and oxygen atoms in total. The average Bonchev–Trinajstić information content (AvgIpc) is 3.29. The molecule has 3 rings (SSSR count). The molecule has 1 N–H and O–H groups in total. The minimum absolute atomic E-state index is 0.131. The number of rotatable bonds is 4. The molecule has 0 radical (unpaired) electrons. The number of phenolic OH excluding ortho intramolecular Hbond substituents is 1. The Bertz CT molecular complexity index is 503. The van der Waals surface area contributed by atoms with Gasteiger partial charge in [-0.1, -0.05) is 25.1 Å². The second-order valence-electron chi connectivity index (χ2n) is 5.96. The van der Waals surface area contributed by atoms with Gasteiger partial charge >= 0.3 is 0 Å². The van der Waals surface area contributed by atoms with Gasteiger partial charge in [-0.15, -0.1) is 0 Å². The van der Waals surface area contributed by atoms with Crippen LogP contribution >= 0.6 is 0 Å². The number of benzene rings is 1. The molecule has 0 spiro atoms. The van der Waals surface area contributed by atoms with Crippen LogP contribution in [0.2, 0.25) is 0 Å². The van der Waals surface area contributed by atoms with Crippen molar-refractivity contribution in [1.29, 1.82) is 0 Å². The third-order valence-corrected chi connectivity index (χ3v) is 4.51. The minimum atomic E-state index is -0.242. The van der Waals surface area contributed by atoms with E-state index in [4.69, 9.17) is 0 Å². The number of para-hydroxylation sites is 1. The third kappa shape index (κ3) is 2.34. The summed E-state index contributed by atoms with van der Waals surface area (Å²) in [7, 11) is 0. The lowest BCUT2D eigenvalue weighted by Gasteiger charge is -2.18. The molecule has 19 heavy (non-hydrogen) atoms. The molecule has 3 heteroatoms. The normalized spacial score (nSPS) is 21.1. The summed E-state index contributed by atoms with van der Waals surface area (Å²) < 4.78 is 0. The summed E-state index contributed by atoms with van der Waals surface area (Å²) in [5.74, 6) is 1.33. The highest BCUT2D eigenvalue weighted by atomic mass is 16.3. The summed E-state index contributed by atoms with van der Waals surface area (Å²) >= 11 is 0. The molecule has 1 aromatic rings. The van der Waals surface area contributed by atoms with E-state index in [1.54, 1.807) is 0 Å². The summed E-state index contributed by atoms with van der Waals surface area (Å²) in [6, 6.07) is 5.84. The topological polar surface area (TPSA) is 40.3 Å². The molecular weight excluding hydrogens is 238 g/mol. The van der Waals surface area contributed by atoms with Crippen LogP contribution in [0.3, 0.4) is 0 Å². The Hall–Kier alpha value is -1.51. The first-order valence-corrected chi connectivity index (χ1v) is 7.20. The SMILES string of the molecule is CC(C(=O)N1CC1)c1cccc(C(C)C2CC2)c1O. The average molecular weight is 259 g/mol. The second-order valence-corrected chi connectivity index (χ2v) is 5.96. The number of carbonyl (C=O) groups is 1. The van der Waals surface area contributed by atoms with Gasteiger partial charge in [-0.05, 0) is 37.2 Å². The van der Waals surface area contributed by atoms with E-state index >= 15 is 0 Å². The fourth-order valence-electron chi connectivity index (χ4n) is 2.82. The molecule has 1 aromatic carbocycles. The summed E-state index contributed by atoms with van der Waals surface area (Å²) in [5.41, 5.74) is 1.78. The van der Waals surface area contributed by atoms with Gasteiger partial charge in [-0.2, -0.15) is 0 Å².